The molecular weight excluding hydrogens is 440 g/mol. The zero-order valence-corrected chi connectivity index (χ0v) is 20.5. The molecule has 0 aliphatic heterocycles. The lowest BCUT2D eigenvalue weighted by molar-refractivity contribution is -0.126. The minimum Gasteiger partial charge on any atom is -0.497 e. The van der Waals surface area contributed by atoms with Gasteiger partial charge < -0.3 is 19.4 Å². The summed E-state index contributed by atoms with van der Waals surface area (Å²) in [5.41, 5.74) is 3.01. The second-order valence-electron chi connectivity index (χ2n) is 9.18. The van der Waals surface area contributed by atoms with Gasteiger partial charge in [0.2, 0.25) is 5.91 Å². The van der Waals surface area contributed by atoms with E-state index in [1.54, 1.807) is 24.1 Å². The maximum absolute atomic E-state index is 13.8. The summed E-state index contributed by atoms with van der Waals surface area (Å²) in [6.07, 6.45) is 7.45. The number of carbonyl (C=O) groups excluding carboxylic acids is 2. The monoisotopic (exact) mass is 474 g/mol. The highest BCUT2D eigenvalue weighted by molar-refractivity contribution is 5.96. The quantitative estimate of drug-likeness (QED) is 0.446. The molecule has 4 rings (SSSR count). The van der Waals surface area contributed by atoms with Crippen LogP contribution in [0.5, 0.6) is 5.75 Å². The minimum atomic E-state index is -0.811. The van der Waals surface area contributed by atoms with Gasteiger partial charge in [-0.25, -0.2) is 0 Å². The Morgan fingerprint density at radius 1 is 1.06 bits per heavy atom. The largest absolute Gasteiger partial charge is 0.497 e. The highest BCUT2D eigenvalue weighted by atomic mass is 16.5. The Labute approximate surface area is 207 Å². The first-order valence-corrected chi connectivity index (χ1v) is 12.4. The molecule has 1 heterocycles. The normalized spacial score (nSPS) is 14.8. The van der Waals surface area contributed by atoms with Gasteiger partial charge in [0.05, 0.1) is 13.4 Å². The average molecular weight is 475 g/mol. The number of rotatable bonds is 9. The summed E-state index contributed by atoms with van der Waals surface area (Å²) in [6.45, 7) is 2.42. The number of nitrogens with one attached hydrogen (secondary N) is 1. The fraction of sp³-hybridized carbons (Fsp3) is 0.379. The first-order chi connectivity index (χ1) is 17.1. The van der Waals surface area contributed by atoms with E-state index in [1.165, 1.54) is 12.7 Å². The molecule has 1 atom stereocenters. The molecule has 2 amide bonds. The van der Waals surface area contributed by atoms with Crippen LogP contribution in [0.15, 0.2) is 71.3 Å². The highest BCUT2D eigenvalue weighted by Crippen LogP contribution is 2.28. The van der Waals surface area contributed by atoms with Crippen molar-refractivity contribution >= 4 is 11.8 Å². The lowest BCUT2D eigenvalue weighted by Crippen LogP contribution is -2.47. The van der Waals surface area contributed by atoms with Crippen LogP contribution >= 0.6 is 0 Å². The SMILES string of the molecule is COc1cccc(C(C(=O)NC2CCCCC2)N(CCc2ccccc2C)C(=O)c2ccco2)c1. The number of benzene rings is 2. The fourth-order valence-corrected chi connectivity index (χ4v) is 4.83. The molecule has 0 radical (unpaired) electrons. The number of nitrogens with zero attached hydrogens (tertiary/aromatic N) is 1. The highest BCUT2D eigenvalue weighted by Gasteiger charge is 2.34. The Balaban J connectivity index is 1.70. The van der Waals surface area contributed by atoms with E-state index in [0.29, 0.717) is 24.3 Å². The molecule has 6 heteroatoms. The number of aryl methyl sites for hydroxylation is 1. The molecule has 1 saturated carbocycles. The summed E-state index contributed by atoms with van der Waals surface area (Å²) in [4.78, 5) is 29.2. The smallest absolute Gasteiger partial charge is 0.290 e. The number of hydrogen-bond acceptors (Lipinski definition) is 4. The standard InChI is InChI=1S/C29H34N2O4/c1-21-10-6-7-11-22(21)17-18-31(29(33)26-16-9-19-35-26)27(23-12-8-15-25(20-23)34-2)28(32)30-24-13-4-3-5-14-24/h6-12,15-16,19-20,24,27H,3-5,13-14,17-18H2,1-2H3,(H,30,32). The van der Waals surface area contributed by atoms with Gasteiger partial charge >= 0.3 is 0 Å². The van der Waals surface area contributed by atoms with Gasteiger partial charge in [-0.2, -0.15) is 0 Å². The summed E-state index contributed by atoms with van der Waals surface area (Å²) in [5, 5.41) is 3.24. The van der Waals surface area contributed by atoms with E-state index in [2.05, 4.69) is 24.4 Å². The van der Waals surface area contributed by atoms with Gasteiger partial charge in [0.15, 0.2) is 5.76 Å². The lowest BCUT2D eigenvalue weighted by Gasteiger charge is -2.33. The molecule has 3 aromatic rings. The molecule has 1 unspecified atom stereocenters. The molecule has 1 aliphatic rings. The van der Waals surface area contributed by atoms with Crippen molar-refractivity contribution in [1.29, 1.82) is 0 Å². The molecule has 1 aromatic heterocycles. The maximum Gasteiger partial charge on any atom is 0.290 e. The number of ether oxygens (including phenoxy) is 1. The van der Waals surface area contributed by atoms with E-state index in [-0.39, 0.29) is 23.6 Å². The van der Waals surface area contributed by atoms with Gasteiger partial charge in [-0.15, -0.1) is 0 Å². The zero-order chi connectivity index (χ0) is 24.6. The van der Waals surface area contributed by atoms with E-state index < -0.39 is 6.04 Å². The summed E-state index contributed by atoms with van der Waals surface area (Å²) in [7, 11) is 1.60. The van der Waals surface area contributed by atoms with Crippen LogP contribution in [0.25, 0.3) is 0 Å². The topological polar surface area (TPSA) is 71.8 Å². The minimum absolute atomic E-state index is 0.126. The second kappa shape index (κ2) is 11.7. The Bertz CT molecular complexity index is 1120. The summed E-state index contributed by atoms with van der Waals surface area (Å²) in [6, 6.07) is 18.2. The van der Waals surface area contributed by atoms with Crippen LogP contribution < -0.4 is 10.1 Å². The Morgan fingerprint density at radius 3 is 2.57 bits per heavy atom. The van der Waals surface area contributed by atoms with Crippen molar-refractivity contribution in [1.82, 2.24) is 10.2 Å². The van der Waals surface area contributed by atoms with Gasteiger partial charge in [-0.3, -0.25) is 9.59 Å². The van der Waals surface area contributed by atoms with Crippen LogP contribution in [0, 0.1) is 6.92 Å². The molecule has 0 bridgehead atoms. The number of carbonyl (C=O) groups is 2. The third-order valence-corrected chi connectivity index (χ3v) is 6.80. The average Bonchev–Trinajstić information content (AvgIpc) is 3.43. The van der Waals surface area contributed by atoms with E-state index in [1.807, 2.05) is 36.4 Å². The third kappa shape index (κ3) is 6.13. The van der Waals surface area contributed by atoms with Crippen molar-refractivity contribution in [2.24, 2.45) is 0 Å². The van der Waals surface area contributed by atoms with Crippen molar-refractivity contribution in [2.75, 3.05) is 13.7 Å². The molecule has 1 aliphatic carbocycles. The van der Waals surface area contributed by atoms with Gasteiger partial charge in [0.25, 0.3) is 5.91 Å². The molecular formula is C29H34N2O4. The maximum atomic E-state index is 13.8. The van der Waals surface area contributed by atoms with Crippen LogP contribution in [-0.4, -0.2) is 36.4 Å². The van der Waals surface area contributed by atoms with Gasteiger partial charge in [-0.05, 0) is 67.1 Å². The van der Waals surface area contributed by atoms with Gasteiger partial charge in [0, 0.05) is 12.6 Å². The van der Waals surface area contributed by atoms with E-state index >= 15 is 0 Å². The predicted molar refractivity (Wildman–Crippen MR) is 135 cm³/mol. The third-order valence-electron chi connectivity index (χ3n) is 6.80. The van der Waals surface area contributed by atoms with E-state index in [9.17, 15) is 9.59 Å². The molecule has 1 N–H and O–H groups in total. The van der Waals surface area contributed by atoms with Crippen LogP contribution in [-0.2, 0) is 11.2 Å². The summed E-state index contributed by atoms with van der Waals surface area (Å²) < 4.78 is 10.9. The Morgan fingerprint density at radius 2 is 1.86 bits per heavy atom. The fourth-order valence-electron chi connectivity index (χ4n) is 4.83. The van der Waals surface area contributed by atoms with Crippen molar-refractivity contribution < 1.29 is 18.7 Å². The Kier molecular flexibility index (Phi) is 8.24. The number of methoxy groups -OCH3 is 1. The van der Waals surface area contributed by atoms with Crippen LogP contribution in [0.1, 0.15) is 65.4 Å². The van der Waals surface area contributed by atoms with Crippen LogP contribution in [0.4, 0.5) is 0 Å². The molecule has 2 aromatic carbocycles. The molecule has 184 valence electrons. The van der Waals surface area contributed by atoms with E-state index in [0.717, 1.165) is 36.8 Å². The first kappa shape index (κ1) is 24.6. The zero-order valence-electron chi connectivity index (χ0n) is 20.5. The lowest BCUT2D eigenvalue weighted by atomic mass is 9.94. The summed E-state index contributed by atoms with van der Waals surface area (Å²) in [5.74, 6) is 0.375. The van der Waals surface area contributed by atoms with Gasteiger partial charge in [0.1, 0.15) is 11.8 Å². The molecule has 0 spiro atoms. The van der Waals surface area contributed by atoms with E-state index in [4.69, 9.17) is 9.15 Å². The number of hydrogen-bond donors (Lipinski definition) is 1. The van der Waals surface area contributed by atoms with Crippen molar-refractivity contribution in [3.63, 3.8) is 0 Å². The van der Waals surface area contributed by atoms with Crippen LogP contribution in [0.3, 0.4) is 0 Å². The molecule has 6 nitrogen and oxygen atoms in total. The van der Waals surface area contributed by atoms with Crippen molar-refractivity contribution in [3.8, 4) is 5.75 Å². The molecule has 0 saturated heterocycles. The number of furan rings is 1. The Hall–Kier alpha value is -3.54. The first-order valence-electron chi connectivity index (χ1n) is 12.4. The van der Waals surface area contributed by atoms with Crippen molar-refractivity contribution in [3.05, 3.63) is 89.4 Å². The number of amides is 2. The summed E-state index contributed by atoms with van der Waals surface area (Å²) >= 11 is 0. The van der Waals surface area contributed by atoms with Gasteiger partial charge in [-0.1, -0.05) is 55.7 Å². The molecule has 1 fully saturated rings. The molecule has 35 heavy (non-hydrogen) atoms. The van der Waals surface area contributed by atoms with Crippen molar-refractivity contribution in [2.45, 2.75) is 57.5 Å². The van der Waals surface area contributed by atoms with Crippen LogP contribution in [0.2, 0.25) is 0 Å². The predicted octanol–water partition coefficient (Wildman–Crippen LogP) is 5.47. The second-order valence-corrected chi connectivity index (χ2v) is 9.18.